The lowest BCUT2D eigenvalue weighted by molar-refractivity contribution is 0.0674. The summed E-state index contributed by atoms with van der Waals surface area (Å²) in [6, 6.07) is 8.79. The summed E-state index contributed by atoms with van der Waals surface area (Å²) in [5, 5.41) is 9.72. The van der Waals surface area contributed by atoms with Crippen LogP contribution >= 0.6 is 0 Å². The molecule has 3 nitrogen and oxygen atoms in total. The first-order valence-electron chi connectivity index (χ1n) is 5.11. The molecule has 0 unspecified atom stereocenters. The highest BCUT2D eigenvalue weighted by molar-refractivity contribution is 6.04. The molecule has 1 radical (unpaired) electrons. The highest BCUT2D eigenvalue weighted by Gasteiger charge is 2.23. The molecule has 1 N–H and O–H groups in total. The van der Waals surface area contributed by atoms with Crippen LogP contribution in [0.25, 0.3) is 0 Å². The number of aliphatic hydroxyl groups excluding tert-OH is 1. The number of benzene rings is 1. The van der Waals surface area contributed by atoms with Crippen LogP contribution in [-0.4, -0.2) is 28.9 Å². The van der Waals surface area contributed by atoms with Gasteiger partial charge in [0.15, 0.2) is 0 Å². The summed E-state index contributed by atoms with van der Waals surface area (Å²) >= 11 is 0. The average Bonchev–Trinajstić information content (AvgIpc) is 2.30. The van der Waals surface area contributed by atoms with Gasteiger partial charge < -0.3 is 5.11 Å². The molecular weight excluding hydrogens is 190 g/mol. The Kier molecular flexibility index (Phi) is 4.46. The molecule has 0 amide bonds. The predicted molar refractivity (Wildman–Crippen MR) is 58.9 cm³/mol. The van der Waals surface area contributed by atoms with E-state index in [-0.39, 0.29) is 12.0 Å². The molecule has 0 aromatic heterocycles. The maximum atomic E-state index is 11.8. The van der Waals surface area contributed by atoms with Crippen LogP contribution in [0.1, 0.15) is 24.2 Å². The smallest absolute Gasteiger partial charge is 0.234 e. The molecule has 0 aliphatic carbocycles. The fourth-order valence-corrected chi connectivity index (χ4v) is 1.39. The predicted octanol–water partition coefficient (Wildman–Crippen LogP) is 2.07. The van der Waals surface area contributed by atoms with Crippen molar-refractivity contribution in [2.45, 2.75) is 13.8 Å². The van der Waals surface area contributed by atoms with Crippen LogP contribution < -0.4 is 0 Å². The maximum absolute atomic E-state index is 11.8. The number of likely N-dealkylation sites (N-methyl/N-ethyl adjacent to an activating group) is 1. The zero-order valence-electron chi connectivity index (χ0n) is 9.10. The van der Waals surface area contributed by atoms with E-state index in [4.69, 9.17) is 0 Å². The second-order valence-electron chi connectivity index (χ2n) is 3.19. The van der Waals surface area contributed by atoms with Crippen molar-refractivity contribution < 1.29 is 9.90 Å². The summed E-state index contributed by atoms with van der Waals surface area (Å²) in [7, 11) is 0. The van der Waals surface area contributed by atoms with Crippen LogP contribution in [0.5, 0.6) is 0 Å². The van der Waals surface area contributed by atoms with Crippen molar-refractivity contribution in [3.8, 4) is 0 Å². The summed E-state index contributed by atoms with van der Waals surface area (Å²) < 4.78 is 0. The van der Waals surface area contributed by atoms with E-state index in [9.17, 15) is 9.90 Å². The van der Waals surface area contributed by atoms with Crippen LogP contribution in [0.15, 0.2) is 30.3 Å². The zero-order chi connectivity index (χ0) is 11.3. The molecule has 1 aromatic carbocycles. The lowest BCUT2D eigenvalue weighted by atomic mass is 10.1. The van der Waals surface area contributed by atoms with Gasteiger partial charge in [0.05, 0.1) is 0 Å². The second kappa shape index (κ2) is 5.63. The van der Waals surface area contributed by atoms with Crippen molar-refractivity contribution in [1.29, 1.82) is 0 Å². The van der Waals surface area contributed by atoms with E-state index in [2.05, 4.69) is 0 Å². The van der Waals surface area contributed by atoms with Crippen molar-refractivity contribution in [2.24, 2.45) is 0 Å². The molecule has 0 atom stereocenters. The van der Waals surface area contributed by atoms with Gasteiger partial charge in [0.25, 0.3) is 0 Å². The van der Waals surface area contributed by atoms with Gasteiger partial charge in [0, 0.05) is 5.56 Å². The molecule has 0 aliphatic heterocycles. The molecule has 0 heterocycles. The minimum atomic E-state index is -0.320. The molecule has 1 rings (SSSR count). The van der Waals surface area contributed by atoms with Gasteiger partial charge >= 0.3 is 0 Å². The lowest BCUT2D eigenvalue weighted by Gasteiger charge is -2.21. The Morgan fingerprint density at radius 2 is 1.73 bits per heavy atom. The minimum Gasteiger partial charge on any atom is -0.365 e. The molecular formula is C12H16NO2. The van der Waals surface area contributed by atoms with E-state index in [1.807, 2.05) is 19.9 Å². The molecule has 0 fully saturated rings. The standard InChI is InChI=1S/C12H16NO2/c1-3-13(4-2)12(15)11(14)10-8-6-5-7-9-10/h5-9,15H,3-4H2,1-2H3. The summed E-state index contributed by atoms with van der Waals surface area (Å²) in [6.45, 7) is 5.05. The Bertz CT molecular complexity index is 307. The third-order valence-corrected chi connectivity index (χ3v) is 2.30. The molecule has 1 aromatic rings. The Morgan fingerprint density at radius 3 is 2.20 bits per heavy atom. The molecule has 81 valence electrons. The van der Waals surface area contributed by atoms with Crippen LogP contribution in [0.4, 0.5) is 0 Å². The van der Waals surface area contributed by atoms with Crippen LogP contribution in [0.2, 0.25) is 0 Å². The molecule has 0 bridgehead atoms. The number of aliphatic hydroxyl groups is 1. The monoisotopic (exact) mass is 206 g/mol. The Labute approximate surface area is 90.3 Å². The Balaban J connectivity index is 2.77. The zero-order valence-corrected chi connectivity index (χ0v) is 9.10. The highest BCUT2D eigenvalue weighted by Crippen LogP contribution is 2.12. The summed E-state index contributed by atoms with van der Waals surface area (Å²) in [5.41, 5.74) is 0.516. The van der Waals surface area contributed by atoms with Crippen LogP contribution in [-0.2, 0) is 0 Å². The third-order valence-electron chi connectivity index (χ3n) is 2.30. The van der Waals surface area contributed by atoms with E-state index in [1.54, 1.807) is 29.2 Å². The fourth-order valence-electron chi connectivity index (χ4n) is 1.39. The van der Waals surface area contributed by atoms with Gasteiger partial charge in [-0.25, -0.2) is 0 Å². The van der Waals surface area contributed by atoms with Gasteiger partial charge in [0.1, 0.15) is 0 Å². The quantitative estimate of drug-likeness (QED) is 0.750. The van der Waals surface area contributed by atoms with Gasteiger partial charge in [-0.15, -0.1) is 0 Å². The largest absolute Gasteiger partial charge is 0.365 e. The van der Waals surface area contributed by atoms with Gasteiger partial charge in [0.2, 0.25) is 12.0 Å². The number of hydrogen-bond donors (Lipinski definition) is 1. The van der Waals surface area contributed by atoms with Crippen molar-refractivity contribution in [3.63, 3.8) is 0 Å². The number of ketones is 1. The number of hydrogen-bond acceptors (Lipinski definition) is 3. The van der Waals surface area contributed by atoms with Gasteiger partial charge in [-0.05, 0) is 13.1 Å². The summed E-state index contributed by atoms with van der Waals surface area (Å²) in [4.78, 5) is 13.4. The van der Waals surface area contributed by atoms with Crippen LogP contribution in [0.3, 0.4) is 0 Å². The molecule has 0 aliphatic rings. The Morgan fingerprint density at radius 1 is 1.20 bits per heavy atom. The van der Waals surface area contributed by atoms with E-state index in [0.717, 1.165) is 0 Å². The topological polar surface area (TPSA) is 40.5 Å². The van der Waals surface area contributed by atoms with E-state index < -0.39 is 0 Å². The van der Waals surface area contributed by atoms with Crippen molar-refractivity contribution in [1.82, 2.24) is 4.90 Å². The number of nitrogens with zero attached hydrogens (tertiary/aromatic N) is 1. The van der Waals surface area contributed by atoms with Crippen molar-refractivity contribution >= 4 is 5.78 Å². The summed E-state index contributed by atoms with van der Waals surface area (Å²) in [5.74, 6) is -0.320. The molecule has 0 spiro atoms. The molecule has 3 heteroatoms. The van der Waals surface area contributed by atoms with E-state index in [1.165, 1.54) is 0 Å². The molecule has 0 saturated carbocycles. The number of rotatable bonds is 5. The lowest BCUT2D eigenvalue weighted by Crippen LogP contribution is -2.33. The maximum Gasteiger partial charge on any atom is 0.234 e. The SMILES string of the molecule is CCN(CC)[C](O)C(=O)c1ccccc1. The van der Waals surface area contributed by atoms with Crippen LogP contribution in [0, 0.1) is 6.23 Å². The van der Waals surface area contributed by atoms with E-state index in [0.29, 0.717) is 18.7 Å². The number of Topliss-reactive ketones (excluding diaryl/α,β-unsaturated/α-hetero) is 1. The first-order chi connectivity index (χ1) is 7.20. The second-order valence-corrected chi connectivity index (χ2v) is 3.19. The van der Waals surface area contributed by atoms with Gasteiger partial charge in [-0.2, -0.15) is 0 Å². The molecule has 15 heavy (non-hydrogen) atoms. The Hall–Kier alpha value is -1.19. The first kappa shape index (κ1) is 11.9. The minimum absolute atomic E-state index is 0.175. The summed E-state index contributed by atoms with van der Waals surface area (Å²) in [6.07, 6.45) is -0.175. The van der Waals surface area contributed by atoms with Gasteiger partial charge in [-0.1, -0.05) is 44.2 Å². The number of carbonyl (C=O) groups excluding carboxylic acids is 1. The molecule has 0 saturated heterocycles. The van der Waals surface area contributed by atoms with E-state index >= 15 is 0 Å². The number of carbonyl (C=O) groups is 1. The van der Waals surface area contributed by atoms with Gasteiger partial charge in [-0.3, -0.25) is 9.69 Å². The normalized spacial score (nSPS) is 11.0. The van der Waals surface area contributed by atoms with Crippen molar-refractivity contribution in [3.05, 3.63) is 42.1 Å². The first-order valence-corrected chi connectivity index (χ1v) is 5.11. The average molecular weight is 206 g/mol. The van der Waals surface area contributed by atoms with Crippen molar-refractivity contribution in [2.75, 3.05) is 13.1 Å². The highest BCUT2D eigenvalue weighted by atomic mass is 16.3. The fraction of sp³-hybridized carbons (Fsp3) is 0.333. The third kappa shape index (κ3) is 2.88.